The van der Waals surface area contributed by atoms with E-state index in [0.717, 1.165) is 37.6 Å². The number of carbonyl (C=O) groups is 1. The highest BCUT2D eigenvalue weighted by Gasteiger charge is 2.40. The van der Waals surface area contributed by atoms with Crippen LogP contribution in [0.5, 0.6) is 0 Å². The van der Waals surface area contributed by atoms with Crippen molar-refractivity contribution in [1.29, 1.82) is 0 Å². The normalized spacial score (nSPS) is 23.9. The zero-order valence-electron chi connectivity index (χ0n) is 13.1. The van der Waals surface area contributed by atoms with Gasteiger partial charge in [0.05, 0.1) is 11.5 Å². The second-order valence-corrected chi connectivity index (χ2v) is 6.30. The molecule has 0 spiro atoms. The van der Waals surface area contributed by atoms with E-state index in [-0.39, 0.29) is 17.9 Å². The molecule has 126 valence electrons. The second-order valence-electron chi connectivity index (χ2n) is 6.30. The first kappa shape index (κ1) is 16.1. The van der Waals surface area contributed by atoms with Gasteiger partial charge in [-0.15, -0.1) is 0 Å². The molecule has 0 unspecified atom stereocenters. The number of anilines is 1. The van der Waals surface area contributed by atoms with Crippen molar-refractivity contribution in [2.45, 2.75) is 44.8 Å². The fourth-order valence-corrected chi connectivity index (χ4v) is 3.83. The molecule has 3 nitrogen and oxygen atoms in total. The highest BCUT2D eigenvalue weighted by atomic mass is 19.4. The summed E-state index contributed by atoms with van der Waals surface area (Å²) in [6.07, 6.45) is -0.977. The van der Waals surface area contributed by atoms with Gasteiger partial charge in [0.1, 0.15) is 0 Å². The Morgan fingerprint density at radius 3 is 2.83 bits per heavy atom. The van der Waals surface area contributed by atoms with E-state index in [9.17, 15) is 18.0 Å². The van der Waals surface area contributed by atoms with E-state index < -0.39 is 11.7 Å². The molecule has 1 amide bonds. The molecule has 23 heavy (non-hydrogen) atoms. The van der Waals surface area contributed by atoms with Crippen LogP contribution in [0.3, 0.4) is 0 Å². The van der Waals surface area contributed by atoms with Crippen molar-refractivity contribution in [2.75, 3.05) is 18.0 Å². The van der Waals surface area contributed by atoms with E-state index in [4.69, 9.17) is 0 Å². The van der Waals surface area contributed by atoms with Gasteiger partial charge in [-0.25, -0.2) is 0 Å². The number of alkyl halides is 3. The average molecular weight is 326 g/mol. The number of hydrogen-bond donors (Lipinski definition) is 1. The standard InChI is InChI=1S/C17H21F3N2O/c1-2-21-16(23)13-10-11-9-12(17(18,19)20)6-7-14(11)22-8-4-3-5-15(13)22/h6-7,9,13,15H,2-5,8,10H2,1H3,(H,21,23)/t13-,15-/m0/s1. The van der Waals surface area contributed by atoms with Crippen molar-refractivity contribution >= 4 is 11.6 Å². The minimum atomic E-state index is -4.35. The first-order valence-electron chi connectivity index (χ1n) is 8.16. The molecule has 2 aliphatic heterocycles. The Bertz CT molecular complexity index is 600. The summed E-state index contributed by atoms with van der Waals surface area (Å²) in [5.41, 5.74) is 0.860. The molecule has 6 heteroatoms. The van der Waals surface area contributed by atoms with Gasteiger partial charge >= 0.3 is 6.18 Å². The van der Waals surface area contributed by atoms with Crippen molar-refractivity contribution < 1.29 is 18.0 Å². The summed E-state index contributed by atoms with van der Waals surface area (Å²) >= 11 is 0. The number of nitrogens with zero attached hydrogens (tertiary/aromatic N) is 1. The van der Waals surface area contributed by atoms with Crippen LogP contribution in [0.2, 0.25) is 0 Å². The summed E-state index contributed by atoms with van der Waals surface area (Å²) in [5.74, 6) is -0.321. The SMILES string of the molecule is CCNC(=O)[C@H]1Cc2cc(C(F)(F)F)ccc2N2CCCC[C@@H]12. The van der Waals surface area contributed by atoms with Crippen molar-refractivity contribution in [3.8, 4) is 0 Å². The van der Waals surface area contributed by atoms with Crippen molar-refractivity contribution in [3.05, 3.63) is 29.3 Å². The third kappa shape index (κ3) is 3.03. The van der Waals surface area contributed by atoms with Gasteiger partial charge in [-0.2, -0.15) is 13.2 Å². The first-order valence-corrected chi connectivity index (χ1v) is 8.16. The maximum absolute atomic E-state index is 13.0. The van der Waals surface area contributed by atoms with Crippen molar-refractivity contribution in [1.82, 2.24) is 5.32 Å². The fraction of sp³-hybridized carbons (Fsp3) is 0.588. The quantitative estimate of drug-likeness (QED) is 0.904. The van der Waals surface area contributed by atoms with Crippen LogP contribution in [0.4, 0.5) is 18.9 Å². The van der Waals surface area contributed by atoms with E-state index >= 15 is 0 Å². The molecule has 1 saturated heterocycles. The van der Waals surface area contributed by atoms with Gasteiger partial charge in [0.25, 0.3) is 0 Å². The van der Waals surface area contributed by atoms with Crippen LogP contribution in [0.15, 0.2) is 18.2 Å². The zero-order valence-corrected chi connectivity index (χ0v) is 13.1. The number of carbonyl (C=O) groups excluding carboxylic acids is 1. The number of piperidine rings is 1. The highest BCUT2D eigenvalue weighted by molar-refractivity contribution is 5.82. The summed E-state index contributed by atoms with van der Waals surface area (Å²) < 4.78 is 38.9. The number of halogens is 3. The number of amides is 1. The predicted octanol–water partition coefficient (Wildman–Crippen LogP) is 3.37. The summed E-state index contributed by atoms with van der Waals surface area (Å²) in [6, 6.07) is 4.04. The summed E-state index contributed by atoms with van der Waals surface area (Å²) in [5, 5.41) is 2.84. The molecule has 2 atom stereocenters. The molecule has 0 radical (unpaired) electrons. The molecule has 0 bridgehead atoms. The van der Waals surface area contributed by atoms with Crippen LogP contribution < -0.4 is 10.2 Å². The van der Waals surface area contributed by atoms with Gasteiger partial charge in [0, 0.05) is 24.8 Å². The maximum atomic E-state index is 13.0. The molecule has 1 fully saturated rings. The lowest BCUT2D eigenvalue weighted by molar-refractivity contribution is -0.137. The van der Waals surface area contributed by atoms with Gasteiger partial charge in [0.15, 0.2) is 0 Å². The number of fused-ring (bicyclic) bond motifs is 3. The average Bonchev–Trinajstić information content (AvgIpc) is 2.53. The second kappa shape index (κ2) is 6.06. The van der Waals surface area contributed by atoms with Crippen LogP contribution in [-0.4, -0.2) is 25.0 Å². The third-order valence-corrected chi connectivity index (χ3v) is 4.86. The Kier molecular flexibility index (Phi) is 4.25. The Balaban J connectivity index is 1.99. The highest BCUT2D eigenvalue weighted by Crippen LogP contribution is 2.41. The zero-order chi connectivity index (χ0) is 16.6. The van der Waals surface area contributed by atoms with Crippen molar-refractivity contribution in [3.63, 3.8) is 0 Å². The molecule has 0 aromatic heterocycles. The fourth-order valence-electron chi connectivity index (χ4n) is 3.83. The molecule has 1 N–H and O–H groups in total. The lowest BCUT2D eigenvalue weighted by atomic mass is 9.80. The molecule has 1 aromatic rings. The molecular weight excluding hydrogens is 305 g/mol. The van der Waals surface area contributed by atoms with Crippen LogP contribution >= 0.6 is 0 Å². The lowest BCUT2D eigenvalue weighted by Gasteiger charge is -2.46. The van der Waals surface area contributed by atoms with Gasteiger partial charge in [0.2, 0.25) is 5.91 Å². The molecule has 2 heterocycles. The Hall–Kier alpha value is -1.72. The number of rotatable bonds is 2. The molecule has 2 aliphatic rings. The van der Waals surface area contributed by atoms with E-state index in [1.165, 1.54) is 6.07 Å². The smallest absolute Gasteiger partial charge is 0.368 e. The number of nitrogens with one attached hydrogen (secondary N) is 1. The minimum absolute atomic E-state index is 0.0486. The van der Waals surface area contributed by atoms with Gasteiger partial charge in [-0.1, -0.05) is 0 Å². The van der Waals surface area contributed by atoms with Gasteiger partial charge in [-0.05, 0) is 56.4 Å². The van der Waals surface area contributed by atoms with Crippen LogP contribution in [-0.2, 0) is 17.4 Å². The summed E-state index contributed by atoms with van der Waals surface area (Å²) in [7, 11) is 0. The third-order valence-electron chi connectivity index (χ3n) is 4.86. The van der Waals surface area contributed by atoms with Crippen LogP contribution in [0, 0.1) is 5.92 Å². The number of hydrogen-bond acceptors (Lipinski definition) is 2. The Morgan fingerprint density at radius 2 is 2.13 bits per heavy atom. The van der Waals surface area contributed by atoms with Gasteiger partial charge < -0.3 is 10.2 Å². The molecule has 1 aromatic carbocycles. The van der Waals surface area contributed by atoms with Crippen molar-refractivity contribution in [2.24, 2.45) is 5.92 Å². The molecule has 0 aliphatic carbocycles. The monoisotopic (exact) mass is 326 g/mol. The minimum Gasteiger partial charge on any atom is -0.368 e. The predicted molar refractivity (Wildman–Crippen MR) is 82.3 cm³/mol. The van der Waals surface area contributed by atoms with Gasteiger partial charge in [-0.3, -0.25) is 4.79 Å². The van der Waals surface area contributed by atoms with E-state index in [1.807, 2.05) is 6.92 Å². The molecule has 3 rings (SSSR count). The molecular formula is C17H21F3N2O. The maximum Gasteiger partial charge on any atom is 0.416 e. The van der Waals surface area contributed by atoms with Crippen LogP contribution in [0.25, 0.3) is 0 Å². The Labute approximate surface area is 133 Å². The topological polar surface area (TPSA) is 32.3 Å². The Morgan fingerprint density at radius 1 is 1.35 bits per heavy atom. The lowest BCUT2D eigenvalue weighted by Crippen LogP contribution is -2.53. The van der Waals surface area contributed by atoms with E-state index in [2.05, 4.69) is 10.2 Å². The first-order chi connectivity index (χ1) is 10.9. The van der Waals surface area contributed by atoms with E-state index in [1.54, 1.807) is 6.07 Å². The van der Waals surface area contributed by atoms with Crippen LogP contribution in [0.1, 0.15) is 37.3 Å². The largest absolute Gasteiger partial charge is 0.416 e. The summed E-state index contributed by atoms with van der Waals surface area (Å²) in [6.45, 7) is 3.20. The van der Waals surface area contributed by atoms with E-state index in [0.29, 0.717) is 18.5 Å². The molecule has 0 saturated carbocycles. The summed E-state index contributed by atoms with van der Waals surface area (Å²) in [4.78, 5) is 14.5. The number of benzene rings is 1.